The second kappa shape index (κ2) is 7.76. The largest absolute Gasteiger partial charge is 0.493 e. The van der Waals surface area contributed by atoms with Gasteiger partial charge in [-0.2, -0.15) is 5.26 Å². The van der Waals surface area contributed by atoms with E-state index in [-0.39, 0.29) is 19.0 Å². The van der Waals surface area contributed by atoms with Crippen LogP contribution < -0.4 is 19.1 Å². The first kappa shape index (κ1) is 19.3. The van der Waals surface area contributed by atoms with Crippen LogP contribution in [0.25, 0.3) is 0 Å². The average molecular weight is 411 g/mol. The number of aliphatic imine (C=N–C) groups is 1. The number of nitrogens with zero attached hydrogens (tertiary/aromatic N) is 3. The van der Waals surface area contributed by atoms with Gasteiger partial charge in [-0.05, 0) is 37.0 Å². The van der Waals surface area contributed by atoms with Gasteiger partial charge in [0.1, 0.15) is 18.1 Å². The lowest BCUT2D eigenvalue weighted by Crippen LogP contribution is -2.32. The number of methoxy groups -OCH3 is 3. The lowest BCUT2D eigenvalue weighted by Gasteiger charge is -2.18. The molecule has 1 aliphatic heterocycles. The molecule has 2 aromatic rings. The molecular formula is C21H21N3O4S. The Morgan fingerprint density at radius 2 is 1.90 bits per heavy atom. The number of carbonyl (C=O) groups excluding carboxylic acids is 1. The lowest BCUT2D eigenvalue weighted by molar-refractivity contribution is -0.117. The van der Waals surface area contributed by atoms with Crippen LogP contribution in [0, 0.1) is 11.3 Å². The first-order chi connectivity index (χ1) is 14.1. The van der Waals surface area contributed by atoms with Crippen molar-refractivity contribution in [2.75, 3.05) is 39.3 Å². The number of fused-ring (bicyclic) bond motifs is 3. The summed E-state index contributed by atoms with van der Waals surface area (Å²) in [6.45, 7) is 0.00707. The minimum Gasteiger partial charge on any atom is -0.493 e. The van der Waals surface area contributed by atoms with E-state index in [1.54, 1.807) is 37.6 Å². The molecule has 2 heterocycles. The number of rotatable bonds is 5. The minimum absolute atomic E-state index is 0.0101. The number of hydrogen-bond acceptors (Lipinski definition) is 7. The highest BCUT2D eigenvalue weighted by Gasteiger charge is 2.33. The summed E-state index contributed by atoms with van der Waals surface area (Å²) in [5, 5.41) is 10.1. The van der Waals surface area contributed by atoms with Crippen LogP contribution in [0.3, 0.4) is 0 Å². The maximum Gasteiger partial charge on any atom is 0.250 e. The topological polar surface area (TPSA) is 84.2 Å². The summed E-state index contributed by atoms with van der Waals surface area (Å²) >= 11 is 1.60. The van der Waals surface area contributed by atoms with Gasteiger partial charge in [0.15, 0.2) is 11.5 Å². The Hall–Kier alpha value is -3.05. The molecule has 0 fully saturated rings. The summed E-state index contributed by atoms with van der Waals surface area (Å²) < 4.78 is 16.4. The third kappa shape index (κ3) is 3.12. The van der Waals surface area contributed by atoms with Crippen LogP contribution in [-0.2, 0) is 17.6 Å². The van der Waals surface area contributed by atoms with Crippen LogP contribution in [0.15, 0.2) is 17.1 Å². The van der Waals surface area contributed by atoms with Gasteiger partial charge in [0.05, 0.1) is 33.1 Å². The number of ether oxygens (including phenoxy) is 3. The molecule has 8 heteroatoms. The first-order valence-electron chi connectivity index (χ1n) is 9.30. The van der Waals surface area contributed by atoms with E-state index >= 15 is 0 Å². The Labute approximate surface area is 173 Å². The summed E-state index contributed by atoms with van der Waals surface area (Å²) in [5.41, 5.74) is 3.71. The molecule has 0 N–H and O–H groups in total. The van der Waals surface area contributed by atoms with Gasteiger partial charge >= 0.3 is 0 Å². The summed E-state index contributed by atoms with van der Waals surface area (Å²) in [7, 11) is 4.70. The van der Waals surface area contributed by atoms with Crippen LogP contribution in [-0.4, -0.2) is 46.0 Å². The van der Waals surface area contributed by atoms with Crippen molar-refractivity contribution in [2.24, 2.45) is 4.99 Å². The van der Waals surface area contributed by atoms with E-state index in [1.165, 1.54) is 10.4 Å². The maximum atomic E-state index is 12.7. The number of anilines is 1. The Bertz CT molecular complexity index is 1030. The molecule has 0 saturated heterocycles. The molecule has 4 rings (SSSR count). The summed E-state index contributed by atoms with van der Waals surface area (Å²) in [6, 6.07) is 5.82. The third-order valence-electron chi connectivity index (χ3n) is 5.23. The predicted octanol–water partition coefficient (Wildman–Crippen LogP) is 2.97. The van der Waals surface area contributed by atoms with Gasteiger partial charge in [-0.3, -0.25) is 14.7 Å². The van der Waals surface area contributed by atoms with Crippen molar-refractivity contribution in [3.05, 3.63) is 33.7 Å². The monoisotopic (exact) mass is 411 g/mol. The normalized spacial score (nSPS) is 15.2. The smallest absolute Gasteiger partial charge is 0.250 e. The number of thiophene rings is 1. The molecule has 0 atom stereocenters. The van der Waals surface area contributed by atoms with E-state index in [0.29, 0.717) is 17.2 Å². The Balaban J connectivity index is 1.94. The number of nitriles is 1. The Morgan fingerprint density at radius 3 is 2.52 bits per heavy atom. The standard InChI is InChI=1S/C21H21N3O4S/c1-26-14-9-12(10-15(27-2)20(14)28-3)19-18-13-5-4-6-16(13)29-21(18)24(8-7-22)17(25)11-23-19/h9-10H,4-6,8,11H2,1-3H3. The number of aryl methyl sites for hydroxylation is 1. The molecule has 1 aliphatic carbocycles. The van der Waals surface area contributed by atoms with E-state index in [0.717, 1.165) is 41.1 Å². The SMILES string of the molecule is COc1cc(C2=NCC(=O)N(CC#N)c3sc4c(c32)CCC4)cc(OC)c1OC. The lowest BCUT2D eigenvalue weighted by atomic mass is 9.98. The van der Waals surface area contributed by atoms with Crippen molar-refractivity contribution < 1.29 is 19.0 Å². The van der Waals surface area contributed by atoms with Gasteiger partial charge < -0.3 is 14.2 Å². The average Bonchev–Trinajstić information content (AvgIpc) is 3.29. The molecule has 150 valence electrons. The van der Waals surface area contributed by atoms with Crippen LogP contribution in [0.1, 0.15) is 28.0 Å². The molecule has 29 heavy (non-hydrogen) atoms. The maximum absolute atomic E-state index is 12.7. The highest BCUT2D eigenvalue weighted by Crippen LogP contribution is 2.45. The molecule has 7 nitrogen and oxygen atoms in total. The van der Waals surface area contributed by atoms with Gasteiger partial charge in [0.2, 0.25) is 11.7 Å². The second-order valence-electron chi connectivity index (χ2n) is 6.75. The van der Waals surface area contributed by atoms with Crippen molar-refractivity contribution >= 4 is 28.0 Å². The molecule has 2 aliphatic rings. The fraction of sp³-hybridized carbons (Fsp3) is 0.381. The van der Waals surface area contributed by atoms with Gasteiger partial charge in [-0.25, -0.2) is 0 Å². The van der Waals surface area contributed by atoms with Crippen molar-refractivity contribution in [3.63, 3.8) is 0 Å². The first-order valence-corrected chi connectivity index (χ1v) is 10.1. The van der Waals surface area contributed by atoms with Gasteiger partial charge in [-0.15, -0.1) is 11.3 Å². The minimum atomic E-state index is -0.171. The number of carbonyl (C=O) groups is 1. The van der Waals surface area contributed by atoms with Crippen molar-refractivity contribution in [2.45, 2.75) is 19.3 Å². The fourth-order valence-corrected chi connectivity index (χ4v) is 5.34. The number of amides is 1. The Kier molecular flexibility index (Phi) is 5.16. The highest BCUT2D eigenvalue weighted by atomic mass is 32.1. The van der Waals surface area contributed by atoms with Crippen LogP contribution in [0.5, 0.6) is 17.2 Å². The van der Waals surface area contributed by atoms with Crippen LogP contribution >= 0.6 is 11.3 Å². The van der Waals surface area contributed by atoms with E-state index < -0.39 is 0 Å². The molecule has 1 aromatic carbocycles. The molecule has 0 unspecified atom stereocenters. The summed E-state index contributed by atoms with van der Waals surface area (Å²) in [6.07, 6.45) is 3.02. The van der Waals surface area contributed by atoms with Crippen LogP contribution in [0.2, 0.25) is 0 Å². The second-order valence-corrected chi connectivity index (χ2v) is 7.84. The van der Waals surface area contributed by atoms with Crippen molar-refractivity contribution in [1.82, 2.24) is 0 Å². The van der Waals surface area contributed by atoms with Gasteiger partial charge in [-0.1, -0.05) is 0 Å². The zero-order chi connectivity index (χ0) is 20.5. The highest BCUT2D eigenvalue weighted by molar-refractivity contribution is 7.17. The van der Waals surface area contributed by atoms with Crippen LogP contribution in [0.4, 0.5) is 5.00 Å². The summed E-state index contributed by atoms with van der Waals surface area (Å²) in [5.74, 6) is 1.39. The molecule has 0 saturated carbocycles. The number of hydrogen-bond donors (Lipinski definition) is 0. The molecule has 1 aromatic heterocycles. The molecule has 1 amide bonds. The Morgan fingerprint density at radius 1 is 1.17 bits per heavy atom. The van der Waals surface area contributed by atoms with E-state index in [9.17, 15) is 10.1 Å². The van der Waals surface area contributed by atoms with Crippen molar-refractivity contribution in [1.29, 1.82) is 5.26 Å². The zero-order valence-corrected chi connectivity index (χ0v) is 17.4. The third-order valence-corrected chi connectivity index (χ3v) is 6.54. The van der Waals surface area contributed by atoms with Gasteiger partial charge in [0.25, 0.3) is 0 Å². The zero-order valence-electron chi connectivity index (χ0n) is 16.6. The van der Waals surface area contributed by atoms with Crippen molar-refractivity contribution in [3.8, 4) is 23.3 Å². The molecule has 0 bridgehead atoms. The van der Waals surface area contributed by atoms with Gasteiger partial charge in [0, 0.05) is 16.0 Å². The van der Waals surface area contributed by atoms with E-state index in [2.05, 4.69) is 11.1 Å². The quantitative estimate of drug-likeness (QED) is 0.707. The fourth-order valence-electron chi connectivity index (χ4n) is 3.93. The van der Waals surface area contributed by atoms with E-state index in [1.807, 2.05) is 12.1 Å². The molecular weight excluding hydrogens is 390 g/mol. The number of benzene rings is 1. The molecule has 0 radical (unpaired) electrons. The predicted molar refractivity (Wildman–Crippen MR) is 111 cm³/mol. The summed E-state index contributed by atoms with van der Waals surface area (Å²) in [4.78, 5) is 20.2. The van der Waals surface area contributed by atoms with E-state index in [4.69, 9.17) is 14.2 Å². The molecule has 0 spiro atoms.